The van der Waals surface area contributed by atoms with Gasteiger partial charge in [-0.1, -0.05) is 11.6 Å². The first kappa shape index (κ1) is 11.1. The largest absolute Gasteiger partial charge is 0.387 e. The fourth-order valence-electron chi connectivity index (χ4n) is 1.90. The summed E-state index contributed by atoms with van der Waals surface area (Å²) < 4.78 is 5.22. The van der Waals surface area contributed by atoms with Crippen molar-refractivity contribution in [1.29, 1.82) is 5.41 Å². The smallest absolute Gasteiger partial charge is 0.0626 e. The minimum Gasteiger partial charge on any atom is -0.387 e. The van der Waals surface area contributed by atoms with Gasteiger partial charge in [0.2, 0.25) is 0 Å². The maximum Gasteiger partial charge on any atom is 0.0626 e. The van der Waals surface area contributed by atoms with Gasteiger partial charge in [0.1, 0.15) is 0 Å². The third kappa shape index (κ3) is 2.42. The molecule has 0 bridgehead atoms. The zero-order valence-electron chi connectivity index (χ0n) is 9.79. The van der Waals surface area contributed by atoms with Crippen LogP contribution < -0.4 is 5.32 Å². The number of nitrogens with one attached hydrogen (secondary N) is 2. The summed E-state index contributed by atoms with van der Waals surface area (Å²) in [5, 5.41) is 11.1. The maximum atomic E-state index is 7.77. The predicted octanol–water partition coefficient (Wildman–Crippen LogP) is 2.17. The van der Waals surface area contributed by atoms with E-state index in [1.165, 1.54) is 5.57 Å². The van der Waals surface area contributed by atoms with Gasteiger partial charge in [0.25, 0.3) is 0 Å². The first-order chi connectivity index (χ1) is 7.69. The zero-order chi connectivity index (χ0) is 11.5. The molecule has 1 fully saturated rings. The Hall–Kier alpha value is -1.35. The van der Waals surface area contributed by atoms with Crippen molar-refractivity contribution in [2.45, 2.75) is 31.9 Å². The summed E-state index contributed by atoms with van der Waals surface area (Å²) in [5.41, 5.74) is 2.72. The monoisotopic (exact) mass is 218 g/mol. The van der Waals surface area contributed by atoms with E-state index in [0.29, 0.717) is 17.9 Å². The summed E-state index contributed by atoms with van der Waals surface area (Å²) in [6.45, 7) is 2.04. The molecule has 2 aliphatic carbocycles. The highest BCUT2D eigenvalue weighted by Crippen LogP contribution is 2.23. The molecule has 3 nitrogen and oxygen atoms in total. The minimum absolute atomic E-state index is 0.416. The van der Waals surface area contributed by atoms with Crippen molar-refractivity contribution in [2.24, 2.45) is 0 Å². The molecule has 1 saturated carbocycles. The average molecular weight is 218 g/mol. The Balaban J connectivity index is 1.88. The van der Waals surface area contributed by atoms with Crippen LogP contribution in [0.4, 0.5) is 0 Å². The summed E-state index contributed by atoms with van der Waals surface area (Å²) in [6.07, 6.45) is 10.3. The fourth-order valence-corrected chi connectivity index (χ4v) is 1.90. The molecule has 0 spiro atoms. The molecule has 0 atom stereocenters. The summed E-state index contributed by atoms with van der Waals surface area (Å²) >= 11 is 0. The molecular formula is C13H18N2O. The van der Waals surface area contributed by atoms with Gasteiger partial charge in [0, 0.05) is 24.9 Å². The van der Waals surface area contributed by atoms with Gasteiger partial charge in [-0.25, -0.2) is 0 Å². The molecule has 0 aromatic rings. The van der Waals surface area contributed by atoms with E-state index >= 15 is 0 Å². The molecule has 0 saturated heterocycles. The number of methoxy groups -OCH3 is 1. The Morgan fingerprint density at radius 2 is 2.19 bits per heavy atom. The highest BCUT2D eigenvalue weighted by Gasteiger charge is 2.27. The molecule has 0 amide bonds. The van der Waals surface area contributed by atoms with Crippen molar-refractivity contribution in [3.05, 3.63) is 35.6 Å². The molecule has 86 valence electrons. The van der Waals surface area contributed by atoms with E-state index in [0.717, 1.165) is 18.4 Å². The highest BCUT2D eigenvalue weighted by molar-refractivity contribution is 6.09. The highest BCUT2D eigenvalue weighted by atomic mass is 16.5. The Labute approximate surface area is 96.4 Å². The van der Waals surface area contributed by atoms with Crippen molar-refractivity contribution in [1.82, 2.24) is 5.32 Å². The number of hydrogen-bond acceptors (Lipinski definition) is 3. The molecule has 2 aliphatic rings. The van der Waals surface area contributed by atoms with Crippen molar-refractivity contribution in [2.75, 3.05) is 7.11 Å². The third-order valence-corrected chi connectivity index (χ3v) is 3.11. The van der Waals surface area contributed by atoms with Gasteiger partial charge in [-0.3, -0.25) is 0 Å². The van der Waals surface area contributed by atoms with Crippen LogP contribution in [0.1, 0.15) is 19.8 Å². The normalized spacial score (nSPS) is 31.2. The Morgan fingerprint density at radius 1 is 1.44 bits per heavy atom. The second-order valence-corrected chi connectivity index (χ2v) is 4.43. The van der Waals surface area contributed by atoms with Crippen LogP contribution in [0.3, 0.4) is 0 Å². The van der Waals surface area contributed by atoms with Crippen molar-refractivity contribution >= 4 is 5.71 Å². The first-order valence-corrected chi connectivity index (χ1v) is 5.63. The van der Waals surface area contributed by atoms with Crippen molar-refractivity contribution in [3.63, 3.8) is 0 Å². The van der Waals surface area contributed by atoms with Crippen molar-refractivity contribution < 1.29 is 4.74 Å². The van der Waals surface area contributed by atoms with Gasteiger partial charge >= 0.3 is 0 Å². The van der Waals surface area contributed by atoms with Gasteiger partial charge in [0.05, 0.1) is 11.8 Å². The molecule has 0 unspecified atom stereocenters. The third-order valence-electron chi connectivity index (χ3n) is 3.11. The van der Waals surface area contributed by atoms with Gasteiger partial charge in [-0.15, -0.1) is 0 Å². The van der Waals surface area contributed by atoms with E-state index in [2.05, 4.69) is 5.32 Å². The summed E-state index contributed by atoms with van der Waals surface area (Å²) in [4.78, 5) is 0. The molecule has 3 heteroatoms. The zero-order valence-corrected chi connectivity index (χ0v) is 9.79. The lowest BCUT2D eigenvalue weighted by atomic mass is 9.89. The second-order valence-electron chi connectivity index (χ2n) is 4.43. The average Bonchev–Trinajstić information content (AvgIpc) is 2.21. The van der Waals surface area contributed by atoms with Crippen LogP contribution in [0.2, 0.25) is 0 Å². The van der Waals surface area contributed by atoms with Crippen LogP contribution in [0.25, 0.3) is 0 Å². The molecule has 2 N–H and O–H groups in total. The lowest BCUT2D eigenvalue weighted by Crippen LogP contribution is -2.43. The van der Waals surface area contributed by atoms with E-state index in [-0.39, 0.29) is 0 Å². The lowest BCUT2D eigenvalue weighted by molar-refractivity contribution is 0.0211. The van der Waals surface area contributed by atoms with E-state index < -0.39 is 0 Å². The van der Waals surface area contributed by atoms with Crippen LogP contribution in [-0.2, 0) is 4.74 Å². The van der Waals surface area contributed by atoms with Gasteiger partial charge in [0.15, 0.2) is 0 Å². The van der Waals surface area contributed by atoms with E-state index in [1.54, 1.807) is 7.11 Å². The van der Waals surface area contributed by atoms with Gasteiger partial charge in [-0.2, -0.15) is 0 Å². The Bertz CT molecular complexity index is 373. The molecule has 0 aliphatic heterocycles. The first-order valence-electron chi connectivity index (χ1n) is 5.63. The summed E-state index contributed by atoms with van der Waals surface area (Å²) in [6, 6.07) is 0.505. The van der Waals surface area contributed by atoms with Crippen LogP contribution in [-0.4, -0.2) is 25.0 Å². The molecule has 16 heavy (non-hydrogen) atoms. The molecule has 0 aromatic carbocycles. The predicted molar refractivity (Wildman–Crippen MR) is 65.7 cm³/mol. The quantitative estimate of drug-likeness (QED) is 0.762. The van der Waals surface area contributed by atoms with E-state index in [9.17, 15) is 0 Å². The van der Waals surface area contributed by atoms with Crippen LogP contribution in [0.5, 0.6) is 0 Å². The second kappa shape index (κ2) is 4.66. The van der Waals surface area contributed by atoms with Crippen molar-refractivity contribution in [3.8, 4) is 0 Å². The Morgan fingerprint density at radius 3 is 2.88 bits per heavy atom. The van der Waals surface area contributed by atoms with E-state index in [1.807, 2.05) is 31.4 Å². The number of ether oxygens (including phenoxy) is 1. The molecule has 2 rings (SSSR count). The summed E-state index contributed by atoms with van der Waals surface area (Å²) in [7, 11) is 1.76. The number of allylic oxidation sites excluding steroid dienone is 5. The van der Waals surface area contributed by atoms with Gasteiger partial charge < -0.3 is 15.5 Å². The topological polar surface area (TPSA) is 45.1 Å². The van der Waals surface area contributed by atoms with Crippen LogP contribution >= 0.6 is 0 Å². The Kier molecular flexibility index (Phi) is 3.25. The van der Waals surface area contributed by atoms with Crippen LogP contribution in [0.15, 0.2) is 35.6 Å². The summed E-state index contributed by atoms with van der Waals surface area (Å²) in [5.74, 6) is 0. The lowest BCUT2D eigenvalue weighted by Gasteiger charge is -2.34. The fraction of sp³-hybridized carbons (Fsp3) is 0.462. The molecule has 0 aromatic heterocycles. The molecule has 0 heterocycles. The molecular weight excluding hydrogens is 200 g/mol. The number of rotatable bonds is 3. The minimum atomic E-state index is 0.416. The SMILES string of the molecule is COC1CC(N/C=C2/C=C(C)C=CC2=N)C1. The number of hydrogen-bond donors (Lipinski definition) is 2. The van der Waals surface area contributed by atoms with Gasteiger partial charge in [-0.05, 0) is 31.9 Å². The maximum absolute atomic E-state index is 7.77. The standard InChI is InChI=1S/C13H18N2O/c1-9-3-4-13(14)10(5-9)8-15-11-6-12(7-11)16-2/h3-5,8,11-12,14-15H,6-7H2,1-2H3/b10-8-,14-13?. The molecule has 0 radical (unpaired) electrons. The van der Waals surface area contributed by atoms with E-state index in [4.69, 9.17) is 10.1 Å². The van der Waals surface area contributed by atoms with Crippen LogP contribution in [0, 0.1) is 5.41 Å².